The molecule has 5 nitrogen and oxygen atoms in total. The van der Waals surface area contributed by atoms with Gasteiger partial charge in [-0.3, -0.25) is 4.79 Å². The third-order valence-electron chi connectivity index (χ3n) is 6.04. The molecule has 0 N–H and O–H groups in total. The van der Waals surface area contributed by atoms with E-state index in [2.05, 4.69) is 47.7 Å². The van der Waals surface area contributed by atoms with E-state index in [1.807, 2.05) is 12.1 Å². The number of sulfonamides is 1. The van der Waals surface area contributed by atoms with Gasteiger partial charge in [0.1, 0.15) is 0 Å². The second-order valence-corrected chi connectivity index (χ2v) is 17.8. The highest BCUT2D eigenvalue weighted by atomic mass is 32.2. The monoisotopic (exact) mass is 495 g/mol. The molecule has 2 rings (SSSR count). The number of carbonyl (C=O) groups excluding carboxylic acids is 1. The Labute approximate surface area is 199 Å². The summed E-state index contributed by atoms with van der Waals surface area (Å²) >= 11 is 1.45. The van der Waals surface area contributed by atoms with E-state index in [1.54, 1.807) is 34.0 Å². The quantitative estimate of drug-likeness (QED) is 0.269. The number of rotatable bonds is 11. The third kappa shape index (κ3) is 6.84. The molecule has 2 aromatic rings. The summed E-state index contributed by atoms with van der Waals surface area (Å²) in [5.41, 5.74) is 0.591. The van der Waals surface area contributed by atoms with Crippen molar-refractivity contribution in [2.75, 3.05) is 13.1 Å². The maximum Gasteiger partial charge on any atom is 0.243 e. The first-order chi connectivity index (χ1) is 14.8. The van der Waals surface area contributed by atoms with Crippen molar-refractivity contribution in [3.05, 3.63) is 52.2 Å². The average molecular weight is 496 g/mol. The largest absolute Gasteiger partial charge is 0.408 e. The average Bonchev–Trinajstić information content (AvgIpc) is 3.19. The topological polar surface area (TPSA) is 63.7 Å². The minimum atomic E-state index is -3.69. The van der Waals surface area contributed by atoms with E-state index < -0.39 is 24.4 Å². The highest BCUT2D eigenvalue weighted by molar-refractivity contribution is 7.89. The Kier molecular flexibility index (Phi) is 9.03. The third-order valence-corrected chi connectivity index (χ3v) is 13.5. The Hall–Kier alpha value is -1.32. The van der Waals surface area contributed by atoms with Crippen molar-refractivity contribution in [1.29, 1.82) is 0 Å². The van der Waals surface area contributed by atoms with Crippen LogP contribution in [-0.2, 0) is 14.4 Å². The second-order valence-electron chi connectivity index (χ2n) is 10.1. The molecule has 0 saturated carbocycles. The predicted molar refractivity (Wildman–Crippen MR) is 135 cm³/mol. The van der Waals surface area contributed by atoms with E-state index in [0.29, 0.717) is 18.0 Å². The smallest absolute Gasteiger partial charge is 0.243 e. The molecule has 0 amide bonds. The zero-order chi connectivity index (χ0) is 24.2. The first-order valence-corrected chi connectivity index (χ1v) is 16.3. The Balaban J connectivity index is 2.47. The van der Waals surface area contributed by atoms with Gasteiger partial charge in [0.25, 0.3) is 0 Å². The van der Waals surface area contributed by atoms with Crippen molar-refractivity contribution in [2.45, 2.75) is 70.2 Å². The summed E-state index contributed by atoms with van der Waals surface area (Å²) in [7, 11) is -5.89. The van der Waals surface area contributed by atoms with Gasteiger partial charge in [-0.25, -0.2) is 8.42 Å². The lowest BCUT2D eigenvalue weighted by Gasteiger charge is -2.40. The molecule has 0 fully saturated rings. The van der Waals surface area contributed by atoms with E-state index in [9.17, 15) is 13.2 Å². The fourth-order valence-corrected chi connectivity index (χ4v) is 6.66. The van der Waals surface area contributed by atoms with Gasteiger partial charge in [-0.05, 0) is 48.7 Å². The van der Waals surface area contributed by atoms with Crippen LogP contribution in [0.2, 0.25) is 18.1 Å². The Bertz CT molecular complexity index is 979. The molecule has 1 heterocycles. The van der Waals surface area contributed by atoms with Crippen molar-refractivity contribution in [2.24, 2.45) is 5.92 Å². The lowest BCUT2D eigenvalue weighted by atomic mass is 10.1. The van der Waals surface area contributed by atoms with E-state index in [0.717, 1.165) is 17.6 Å². The molecule has 1 unspecified atom stereocenters. The summed E-state index contributed by atoms with van der Waals surface area (Å²) in [5, 5.41) is 1.77. The first kappa shape index (κ1) is 26.9. The molecule has 0 saturated heterocycles. The van der Waals surface area contributed by atoms with Crippen LogP contribution in [0.25, 0.3) is 0 Å². The van der Waals surface area contributed by atoms with E-state index in [-0.39, 0.29) is 16.5 Å². The zero-order valence-corrected chi connectivity index (χ0v) is 22.9. The van der Waals surface area contributed by atoms with Gasteiger partial charge in [0.2, 0.25) is 10.0 Å². The van der Waals surface area contributed by atoms with Gasteiger partial charge in [-0.15, -0.1) is 11.3 Å². The number of nitrogens with zero attached hydrogens (tertiary/aromatic N) is 1. The second kappa shape index (κ2) is 10.7. The molecule has 0 spiro atoms. The maximum atomic E-state index is 13.6. The number of thiophene rings is 1. The Morgan fingerprint density at radius 1 is 1.16 bits per heavy atom. The molecule has 0 aliphatic rings. The fraction of sp³-hybridized carbons (Fsp3) is 0.542. The maximum absolute atomic E-state index is 13.6. The van der Waals surface area contributed by atoms with Gasteiger partial charge < -0.3 is 4.43 Å². The van der Waals surface area contributed by atoms with Crippen molar-refractivity contribution < 1.29 is 17.6 Å². The molecule has 0 aliphatic carbocycles. The molecule has 0 bridgehead atoms. The molecule has 1 atom stereocenters. The van der Waals surface area contributed by atoms with Gasteiger partial charge >= 0.3 is 0 Å². The number of aldehydes is 1. The normalized spacial score (nSPS) is 14.2. The molecule has 0 radical (unpaired) electrons. The number of benzene rings is 1. The van der Waals surface area contributed by atoms with E-state index in [4.69, 9.17) is 4.43 Å². The molecular formula is C24H37NO4S2Si. The molecular weight excluding hydrogens is 458 g/mol. The van der Waals surface area contributed by atoms with Crippen LogP contribution in [-0.4, -0.2) is 40.4 Å². The van der Waals surface area contributed by atoms with Crippen molar-refractivity contribution in [3.8, 4) is 0 Å². The summed E-state index contributed by atoms with van der Waals surface area (Å²) in [5.74, 6) is 0.367. The Morgan fingerprint density at radius 2 is 1.78 bits per heavy atom. The lowest BCUT2D eigenvalue weighted by Crippen LogP contribution is -2.45. The summed E-state index contributed by atoms with van der Waals surface area (Å²) in [4.78, 5) is 12.5. The van der Waals surface area contributed by atoms with Crippen LogP contribution in [0.1, 0.15) is 62.4 Å². The van der Waals surface area contributed by atoms with Crippen molar-refractivity contribution in [1.82, 2.24) is 4.31 Å². The number of carbonyl (C=O) groups is 1. The van der Waals surface area contributed by atoms with E-state index in [1.165, 1.54) is 11.3 Å². The minimum absolute atomic E-state index is 0.0307. The summed E-state index contributed by atoms with van der Waals surface area (Å²) in [6, 6.07) is 10.4. The SMILES string of the molecule is CC(C)CCN(CC(O[Si](C)(C)C(C)(C)C)c1cc(C=O)cs1)S(=O)(=O)c1ccccc1. The van der Waals surface area contributed by atoms with E-state index >= 15 is 0 Å². The van der Waals surface area contributed by atoms with Gasteiger partial charge in [-0.2, -0.15) is 4.31 Å². The van der Waals surface area contributed by atoms with Crippen molar-refractivity contribution in [3.63, 3.8) is 0 Å². The zero-order valence-electron chi connectivity index (χ0n) is 20.3. The van der Waals surface area contributed by atoms with Crippen LogP contribution in [0.4, 0.5) is 0 Å². The molecule has 8 heteroatoms. The predicted octanol–water partition coefficient (Wildman–Crippen LogP) is 6.36. The number of hydrogen-bond donors (Lipinski definition) is 0. The molecule has 0 aliphatic heterocycles. The van der Waals surface area contributed by atoms with Gasteiger partial charge in [-0.1, -0.05) is 52.8 Å². The summed E-state index contributed by atoms with van der Waals surface area (Å²) in [6.07, 6.45) is 1.14. The van der Waals surface area contributed by atoms with Crippen LogP contribution in [0.3, 0.4) is 0 Å². The van der Waals surface area contributed by atoms with Crippen molar-refractivity contribution >= 4 is 36.0 Å². The van der Waals surface area contributed by atoms with Crippen LogP contribution in [0, 0.1) is 5.92 Å². The number of hydrogen-bond acceptors (Lipinski definition) is 5. The van der Waals surface area contributed by atoms with Crippen LogP contribution < -0.4 is 0 Å². The fourth-order valence-electron chi connectivity index (χ4n) is 2.96. The molecule has 178 valence electrons. The molecule has 32 heavy (non-hydrogen) atoms. The Morgan fingerprint density at radius 3 is 2.28 bits per heavy atom. The van der Waals surface area contributed by atoms with Crippen LogP contribution in [0.5, 0.6) is 0 Å². The standard InChI is InChI=1S/C24H37NO4S2Si/c1-19(2)13-14-25(31(27,28)21-11-9-8-10-12-21)16-22(23-15-20(17-26)18-30-23)29-32(6,7)24(3,4)5/h8-12,15,17-19,22H,13-14,16H2,1-7H3. The first-order valence-electron chi connectivity index (χ1n) is 11.0. The highest BCUT2D eigenvalue weighted by Gasteiger charge is 2.41. The van der Waals surface area contributed by atoms with Crippen LogP contribution in [0.15, 0.2) is 46.7 Å². The van der Waals surface area contributed by atoms with Crippen LogP contribution >= 0.6 is 11.3 Å². The minimum Gasteiger partial charge on any atom is -0.408 e. The molecule has 1 aromatic carbocycles. The van der Waals surface area contributed by atoms with Gasteiger partial charge in [0.15, 0.2) is 14.6 Å². The van der Waals surface area contributed by atoms with Gasteiger partial charge in [0, 0.05) is 28.9 Å². The lowest BCUT2D eigenvalue weighted by molar-refractivity contribution is 0.112. The molecule has 1 aromatic heterocycles. The van der Waals surface area contributed by atoms with Gasteiger partial charge in [0.05, 0.1) is 11.0 Å². The summed E-state index contributed by atoms with van der Waals surface area (Å²) < 4.78 is 35.4. The highest BCUT2D eigenvalue weighted by Crippen LogP contribution is 2.41. The summed E-state index contributed by atoms with van der Waals surface area (Å²) in [6.45, 7) is 15.6.